The maximum atomic E-state index is 10.6. The van der Waals surface area contributed by atoms with Crippen LogP contribution in [0, 0.1) is 0 Å². The van der Waals surface area contributed by atoms with Crippen LogP contribution in [0.25, 0.3) is 0 Å². The second-order valence-corrected chi connectivity index (χ2v) is 6.47. The number of carboxylic acid groups (broad SMARTS) is 7. The fourth-order valence-corrected chi connectivity index (χ4v) is 2.19. The average molecular weight is 532 g/mol. The van der Waals surface area contributed by atoms with Gasteiger partial charge < -0.3 is 43.7 Å². The van der Waals surface area contributed by atoms with E-state index in [1.807, 2.05) is 0 Å². The Morgan fingerprint density at radius 2 is 0.743 bits per heavy atom. The molecule has 192 valence electrons. The van der Waals surface area contributed by atoms with Crippen molar-refractivity contribution in [1.29, 1.82) is 0 Å². The molecule has 0 aliphatic rings. The summed E-state index contributed by atoms with van der Waals surface area (Å²) in [7, 11) is 0. The first-order valence-corrected chi connectivity index (χ1v) is 8.69. The van der Waals surface area contributed by atoms with E-state index < -0.39 is 86.4 Å². The topological polar surface area (TPSA) is 288 Å². The van der Waals surface area contributed by atoms with Crippen LogP contribution < -0.4 is 59.1 Å². The Labute approximate surface area is 244 Å². The van der Waals surface area contributed by atoms with Crippen LogP contribution in [-0.2, 0) is 33.6 Å². The minimum absolute atomic E-state index is 0. The summed E-state index contributed by atoms with van der Waals surface area (Å²) < 4.78 is 0. The quantitative estimate of drug-likeness (QED) is 0.0856. The van der Waals surface area contributed by atoms with Crippen molar-refractivity contribution in [3.8, 4) is 0 Å². The summed E-state index contributed by atoms with van der Waals surface area (Å²) in [5.41, 5.74) is -2.74. The first kappa shape index (κ1) is 40.3. The Morgan fingerprint density at radius 3 is 0.886 bits per heavy atom. The van der Waals surface area contributed by atoms with Gasteiger partial charge in [-0.3, -0.25) is 38.6 Å². The molecule has 0 fully saturated rings. The van der Waals surface area contributed by atoms with E-state index in [2.05, 4.69) is 0 Å². The Hall–Kier alpha value is -1.83. The number of aliphatic hydroxyl groups is 1. The smallest absolute Gasteiger partial charge is 1.00 e. The van der Waals surface area contributed by atoms with Gasteiger partial charge in [0.05, 0.1) is 39.0 Å². The first-order valence-electron chi connectivity index (χ1n) is 8.69. The molecule has 0 aromatic carbocycles. The standard InChI is InChI=1S/C10H16N2O8.C6H8O7.2Na.2H/c13-7(14)3-11(4-8(15)16)1-2-12(5-9(17)18)6-10(19)20;7-3(8)1-6(13,5(11)12)2-4(9)10;;;;/h1-6H2,(H,13,14)(H,15,16)(H,17,18)(H,19,20);13H,1-2H2,(H,7,8)(H,9,10)(H,11,12);;;;/q;;2*+1;2*-1. The SMILES string of the molecule is O=C(O)CC(O)(CC(=O)O)C(=O)O.O=C(O)CN(CCN(CC(=O)O)CC(=O)O)CC(=O)O.[H-].[H-].[Na+].[Na+]. The van der Waals surface area contributed by atoms with Gasteiger partial charge in [-0.1, -0.05) is 0 Å². The van der Waals surface area contributed by atoms with Gasteiger partial charge in [-0.2, -0.15) is 0 Å². The molecule has 0 bridgehead atoms. The van der Waals surface area contributed by atoms with Crippen LogP contribution in [0.2, 0.25) is 0 Å². The largest absolute Gasteiger partial charge is 1.00 e. The van der Waals surface area contributed by atoms with Gasteiger partial charge in [-0.15, -0.1) is 0 Å². The van der Waals surface area contributed by atoms with Crippen LogP contribution in [0.3, 0.4) is 0 Å². The number of hydrogen-bond donors (Lipinski definition) is 8. The molecular weight excluding hydrogens is 506 g/mol. The third kappa shape index (κ3) is 23.7. The Morgan fingerprint density at radius 1 is 0.514 bits per heavy atom. The van der Waals surface area contributed by atoms with E-state index in [1.165, 1.54) is 0 Å². The molecule has 0 saturated heterocycles. The van der Waals surface area contributed by atoms with Crippen LogP contribution in [0.4, 0.5) is 0 Å². The van der Waals surface area contributed by atoms with Crippen LogP contribution >= 0.6 is 0 Å². The summed E-state index contributed by atoms with van der Waals surface area (Å²) in [6.07, 6.45) is -2.29. The molecule has 0 amide bonds. The molecule has 0 saturated carbocycles. The minimum atomic E-state index is -2.74. The van der Waals surface area contributed by atoms with Crippen molar-refractivity contribution in [2.24, 2.45) is 0 Å². The van der Waals surface area contributed by atoms with E-state index in [4.69, 9.17) is 40.9 Å². The molecule has 0 aromatic heterocycles. The molecule has 8 N–H and O–H groups in total. The predicted molar refractivity (Wildman–Crippen MR) is 103 cm³/mol. The van der Waals surface area contributed by atoms with Crippen molar-refractivity contribution >= 4 is 41.8 Å². The van der Waals surface area contributed by atoms with Gasteiger partial charge in [-0.05, 0) is 0 Å². The predicted octanol–water partition coefficient (Wildman–Crippen LogP) is -9.09. The van der Waals surface area contributed by atoms with E-state index in [0.29, 0.717) is 0 Å². The number of rotatable bonds is 16. The molecule has 0 atom stereocenters. The number of nitrogens with zero attached hydrogens (tertiary/aromatic N) is 2. The second-order valence-electron chi connectivity index (χ2n) is 6.47. The molecule has 0 aromatic rings. The fraction of sp³-hybridized carbons (Fsp3) is 0.562. The van der Waals surface area contributed by atoms with Gasteiger partial charge in [-0.25, -0.2) is 4.79 Å². The normalized spacial score (nSPS) is 10.1. The summed E-state index contributed by atoms with van der Waals surface area (Å²) in [5.74, 6) is -9.93. The van der Waals surface area contributed by atoms with Crippen LogP contribution in [0.1, 0.15) is 15.7 Å². The van der Waals surface area contributed by atoms with E-state index in [1.54, 1.807) is 0 Å². The van der Waals surface area contributed by atoms with Crippen molar-refractivity contribution < 1.29 is 136 Å². The van der Waals surface area contributed by atoms with Crippen molar-refractivity contribution in [3.05, 3.63) is 0 Å². The van der Waals surface area contributed by atoms with Crippen LogP contribution in [0.5, 0.6) is 0 Å². The molecule has 0 spiro atoms. The minimum Gasteiger partial charge on any atom is -1.00 e. The monoisotopic (exact) mass is 532 g/mol. The van der Waals surface area contributed by atoms with E-state index >= 15 is 0 Å². The first-order chi connectivity index (χ1) is 15.0. The zero-order valence-electron chi connectivity index (χ0n) is 21.0. The van der Waals surface area contributed by atoms with E-state index in [0.717, 1.165) is 9.80 Å². The van der Waals surface area contributed by atoms with Crippen LogP contribution in [-0.4, -0.2) is 137 Å². The maximum Gasteiger partial charge on any atom is 1.00 e. The number of hydrogen-bond acceptors (Lipinski definition) is 10. The Bertz CT molecular complexity index is 688. The molecule has 17 nitrogen and oxygen atoms in total. The summed E-state index contributed by atoms with van der Waals surface area (Å²) in [6, 6.07) is 0. The molecule has 19 heteroatoms. The Kier molecular flexibility index (Phi) is 23.5. The van der Waals surface area contributed by atoms with Crippen LogP contribution in [0.15, 0.2) is 0 Å². The van der Waals surface area contributed by atoms with Crippen molar-refractivity contribution in [1.82, 2.24) is 9.80 Å². The molecule has 0 heterocycles. The maximum absolute atomic E-state index is 10.6. The van der Waals surface area contributed by atoms with E-state index in [9.17, 15) is 33.6 Å². The summed E-state index contributed by atoms with van der Waals surface area (Å²) >= 11 is 0. The van der Waals surface area contributed by atoms with E-state index in [-0.39, 0.29) is 75.1 Å². The van der Waals surface area contributed by atoms with Gasteiger partial charge in [0, 0.05) is 13.1 Å². The second kappa shape index (κ2) is 20.4. The fourth-order valence-electron chi connectivity index (χ4n) is 2.19. The Balaban J connectivity index is -0.000000125. The third-order valence-corrected chi connectivity index (χ3v) is 3.45. The third-order valence-electron chi connectivity index (χ3n) is 3.45. The van der Waals surface area contributed by atoms with Gasteiger partial charge >= 0.3 is 101 Å². The zero-order chi connectivity index (χ0) is 26.4. The molecule has 35 heavy (non-hydrogen) atoms. The number of carboxylic acids is 7. The number of carbonyl (C=O) groups is 7. The van der Waals surface area contributed by atoms with Gasteiger partial charge in [0.25, 0.3) is 0 Å². The molecule has 0 radical (unpaired) electrons. The van der Waals surface area contributed by atoms with Gasteiger partial charge in [0.15, 0.2) is 5.60 Å². The van der Waals surface area contributed by atoms with Crippen molar-refractivity contribution in [2.75, 3.05) is 39.3 Å². The molecule has 0 aliphatic heterocycles. The molecular formula is C16H26N2Na2O15. The zero-order valence-corrected chi connectivity index (χ0v) is 23.0. The van der Waals surface area contributed by atoms with Gasteiger partial charge in [0.2, 0.25) is 0 Å². The summed E-state index contributed by atoms with van der Waals surface area (Å²) in [5, 5.41) is 68.3. The summed E-state index contributed by atoms with van der Waals surface area (Å²) in [4.78, 5) is 74.8. The van der Waals surface area contributed by atoms with Gasteiger partial charge in [0.1, 0.15) is 0 Å². The molecule has 0 unspecified atom stereocenters. The molecule has 0 rings (SSSR count). The van der Waals surface area contributed by atoms with Crippen molar-refractivity contribution in [2.45, 2.75) is 18.4 Å². The number of aliphatic carboxylic acids is 7. The van der Waals surface area contributed by atoms with Crippen molar-refractivity contribution in [3.63, 3.8) is 0 Å². The average Bonchev–Trinajstić information content (AvgIpc) is 2.56. The molecule has 0 aliphatic carbocycles. The summed E-state index contributed by atoms with van der Waals surface area (Å²) in [6.45, 7) is -2.25.